The van der Waals surface area contributed by atoms with E-state index in [1.165, 1.54) is 17.5 Å². The van der Waals surface area contributed by atoms with Crippen LogP contribution in [-0.4, -0.2) is 19.1 Å². The molecule has 4 N–H and O–H groups in total. The molecule has 1 aromatic rings. The number of hydrogen-bond donors (Lipinski definition) is 2. The maximum atomic E-state index is 11.6. The van der Waals surface area contributed by atoms with Gasteiger partial charge in [-0.25, -0.2) is 0 Å². The molecule has 4 nitrogen and oxygen atoms in total. The minimum absolute atomic E-state index is 0.421. The van der Waals surface area contributed by atoms with E-state index in [1.54, 1.807) is 6.07 Å². The first kappa shape index (κ1) is 14.9. The second kappa shape index (κ2) is 7.29. The SMILES string of the molecule is NCCC[CH]COc1c(C(N)=O)ccc2c1CCCC2. The number of unbranched alkanes of at least 4 members (excludes halogenated alkanes) is 2. The Labute approximate surface area is 120 Å². The van der Waals surface area contributed by atoms with Gasteiger partial charge in [-0.1, -0.05) is 6.07 Å². The van der Waals surface area contributed by atoms with Gasteiger partial charge in [0.15, 0.2) is 0 Å². The number of aryl methyl sites for hydroxylation is 1. The van der Waals surface area contributed by atoms with Crippen molar-refractivity contribution in [2.24, 2.45) is 11.5 Å². The summed E-state index contributed by atoms with van der Waals surface area (Å²) in [7, 11) is 0. The van der Waals surface area contributed by atoms with Gasteiger partial charge in [0.2, 0.25) is 0 Å². The summed E-state index contributed by atoms with van der Waals surface area (Å²) in [5.41, 5.74) is 13.9. The standard InChI is InChI=1S/C16H23N2O2/c17-10-4-1-5-11-20-15-13-7-3-2-6-12(13)8-9-14(15)16(18)19/h5,8-9H,1-4,6-7,10-11,17H2,(H2,18,19). The molecular weight excluding hydrogens is 252 g/mol. The highest BCUT2D eigenvalue weighted by atomic mass is 16.5. The minimum atomic E-state index is -0.421. The number of hydrogen-bond acceptors (Lipinski definition) is 3. The second-order valence-electron chi connectivity index (χ2n) is 5.18. The first-order chi connectivity index (χ1) is 9.74. The van der Waals surface area contributed by atoms with Crippen LogP contribution >= 0.6 is 0 Å². The fourth-order valence-corrected chi connectivity index (χ4v) is 2.64. The zero-order valence-corrected chi connectivity index (χ0v) is 11.9. The first-order valence-electron chi connectivity index (χ1n) is 7.33. The van der Waals surface area contributed by atoms with Gasteiger partial charge < -0.3 is 16.2 Å². The van der Waals surface area contributed by atoms with E-state index >= 15 is 0 Å². The average Bonchev–Trinajstić information content (AvgIpc) is 2.46. The minimum Gasteiger partial charge on any atom is -0.492 e. The Bertz CT molecular complexity index is 472. The van der Waals surface area contributed by atoms with Crippen molar-refractivity contribution < 1.29 is 9.53 Å². The molecule has 0 spiro atoms. The van der Waals surface area contributed by atoms with Crippen LogP contribution < -0.4 is 16.2 Å². The van der Waals surface area contributed by atoms with Crippen molar-refractivity contribution in [3.63, 3.8) is 0 Å². The van der Waals surface area contributed by atoms with Crippen molar-refractivity contribution in [2.45, 2.75) is 38.5 Å². The monoisotopic (exact) mass is 275 g/mol. The molecule has 0 atom stereocenters. The molecule has 0 saturated heterocycles. The maximum absolute atomic E-state index is 11.6. The molecule has 20 heavy (non-hydrogen) atoms. The molecule has 0 aliphatic heterocycles. The highest BCUT2D eigenvalue weighted by Gasteiger charge is 2.20. The molecule has 1 radical (unpaired) electrons. The van der Waals surface area contributed by atoms with Gasteiger partial charge in [0, 0.05) is 0 Å². The largest absolute Gasteiger partial charge is 0.492 e. The van der Waals surface area contributed by atoms with Crippen molar-refractivity contribution in [1.82, 2.24) is 0 Å². The van der Waals surface area contributed by atoms with Crippen LogP contribution in [0.3, 0.4) is 0 Å². The summed E-state index contributed by atoms with van der Waals surface area (Å²) in [5.74, 6) is 0.272. The molecule has 0 fully saturated rings. The van der Waals surface area contributed by atoms with Gasteiger partial charge >= 0.3 is 0 Å². The van der Waals surface area contributed by atoms with Crippen LogP contribution in [0.5, 0.6) is 5.75 Å². The molecule has 0 unspecified atom stereocenters. The van der Waals surface area contributed by atoms with E-state index < -0.39 is 5.91 Å². The summed E-state index contributed by atoms with van der Waals surface area (Å²) in [6.07, 6.45) is 8.31. The van der Waals surface area contributed by atoms with E-state index in [1.807, 2.05) is 6.07 Å². The number of ether oxygens (including phenoxy) is 1. The molecule has 1 aliphatic carbocycles. The van der Waals surface area contributed by atoms with E-state index in [0.29, 0.717) is 24.5 Å². The highest BCUT2D eigenvalue weighted by Crippen LogP contribution is 2.33. The molecule has 1 aromatic carbocycles. The summed E-state index contributed by atoms with van der Waals surface area (Å²) in [6, 6.07) is 3.81. The summed E-state index contributed by atoms with van der Waals surface area (Å²) < 4.78 is 5.85. The smallest absolute Gasteiger partial charge is 0.252 e. The van der Waals surface area contributed by atoms with Gasteiger partial charge in [0.05, 0.1) is 12.2 Å². The van der Waals surface area contributed by atoms with Crippen molar-refractivity contribution in [3.8, 4) is 5.75 Å². The number of rotatable bonds is 7. The highest BCUT2D eigenvalue weighted by molar-refractivity contribution is 5.96. The van der Waals surface area contributed by atoms with Crippen molar-refractivity contribution in [3.05, 3.63) is 35.2 Å². The molecule has 0 aromatic heterocycles. The molecule has 109 valence electrons. The van der Waals surface area contributed by atoms with Gasteiger partial charge in [0.1, 0.15) is 5.75 Å². The Morgan fingerprint density at radius 3 is 2.85 bits per heavy atom. The molecule has 0 bridgehead atoms. The van der Waals surface area contributed by atoms with Gasteiger partial charge in [-0.3, -0.25) is 4.79 Å². The van der Waals surface area contributed by atoms with Crippen LogP contribution in [0, 0.1) is 6.42 Å². The van der Waals surface area contributed by atoms with Crippen LogP contribution in [0.25, 0.3) is 0 Å². The summed E-state index contributed by atoms with van der Waals surface area (Å²) in [4.78, 5) is 11.6. The Kier molecular flexibility index (Phi) is 5.41. The Morgan fingerprint density at radius 1 is 1.30 bits per heavy atom. The zero-order chi connectivity index (χ0) is 14.4. The lowest BCUT2D eigenvalue weighted by atomic mass is 9.89. The molecule has 4 heteroatoms. The number of carbonyl (C=O) groups is 1. The average molecular weight is 275 g/mol. The lowest BCUT2D eigenvalue weighted by Crippen LogP contribution is -2.17. The van der Waals surface area contributed by atoms with Gasteiger partial charge in [-0.15, -0.1) is 0 Å². The van der Waals surface area contributed by atoms with E-state index in [4.69, 9.17) is 16.2 Å². The second-order valence-corrected chi connectivity index (χ2v) is 5.18. The molecular formula is C16H23N2O2. The summed E-state index contributed by atoms with van der Waals surface area (Å²) >= 11 is 0. The zero-order valence-electron chi connectivity index (χ0n) is 11.9. The summed E-state index contributed by atoms with van der Waals surface area (Å²) in [6.45, 7) is 1.18. The Hall–Kier alpha value is -1.55. The Balaban J connectivity index is 2.13. The Morgan fingerprint density at radius 2 is 2.10 bits per heavy atom. The topological polar surface area (TPSA) is 78.3 Å². The molecule has 0 saturated carbocycles. The predicted octanol–water partition coefficient (Wildman–Crippen LogP) is 1.99. The normalized spacial score (nSPS) is 13.8. The van der Waals surface area contributed by atoms with Crippen molar-refractivity contribution in [2.75, 3.05) is 13.2 Å². The van der Waals surface area contributed by atoms with E-state index in [2.05, 4.69) is 6.42 Å². The van der Waals surface area contributed by atoms with Gasteiger partial charge in [-0.2, -0.15) is 0 Å². The molecule has 1 aliphatic rings. The quantitative estimate of drug-likeness (QED) is 0.747. The predicted molar refractivity (Wildman–Crippen MR) is 79.7 cm³/mol. The van der Waals surface area contributed by atoms with Crippen LogP contribution in [0.15, 0.2) is 12.1 Å². The van der Waals surface area contributed by atoms with Crippen molar-refractivity contribution in [1.29, 1.82) is 0 Å². The van der Waals surface area contributed by atoms with Crippen LogP contribution in [-0.2, 0) is 12.8 Å². The first-order valence-corrected chi connectivity index (χ1v) is 7.33. The van der Waals surface area contributed by atoms with E-state index in [9.17, 15) is 4.79 Å². The number of fused-ring (bicyclic) bond motifs is 1. The number of benzene rings is 1. The number of amides is 1. The summed E-state index contributed by atoms with van der Waals surface area (Å²) in [5, 5.41) is 0. The number of primary amides is 1. The molecule has 2 rings (SSSR count). The lowest BCUT2D eigenvalue weighted by Gasteiger charge is -2.21. The fourth-order valence-electron chi connectivity index (χ4n) is 2.64. The van der Waals surface area contributed by atoms with E-state index in [0.717, 1.165) is 32.1 Å². The third kappa shape index (κ3) is 3.51. The van der Waals surface area contributed by atoms with Gasteiger partial charge in [-0.05, 0) is 68.7 Å². The fraction of sp³-hybridized carbons (Fsp3) is 0.500. The van der Waals surface area contributed by atoms with Crippen LogP contribution in [0.4, 0.5) is 0 Å². The third-order valence-corrected chi connectivity index (χ3v) is 3.70. The van der Waals surface area contributed by atoms with E-state index in [-0.39, 0.29) is 0 Å². The van der Waals surface area contributed by atoms with Crippen LogP contribution in [0.2, 0.25) is 0 Å². The van der Waals surface area contributed by atoms with Crippen molar-refractivity contribution >= 4 is 5.91 Å². The van der Waals surface area contributed by atoms with Gasteiger partial charge in [0.25, 0.3) is 5.91 Å². The third-order valence-electron chi connectivity index (χ3n) is 3.70. The number of nitrogens with two attached hydrogens (primary N) is 2. The molecule has 0 heterocycles. The lowest BCUT2D eigenvalue weighted by molar-refractivity contribution is 0.0996. The number of carbonyl (C=O) groups excluding carboxylic acids is 1. The maximum Gasteiger partial charge on any atom is 0.252 e. The van der Waals surface area contributed by atoms with Crippen LogP contribution in [0.1, 0.15) is 47.2 Å². The molecule has 1 amide bonds.